The molecule has 0 saturated heterocycles. The lowest BCUT2D eigenvalue weighted by molar-refractivity contribution is 0.0734. The molecule has 0 spiro atoms. The zero-order chi connectivity index (χ0) is 22.9. The van der Waals surface area contributed by atoms with E-state index in [9.17, 15) is 14.0 Å². The Morgan fingerprint density at radius 2 is 2.03 bits per heavy atom. The average molecular weight is 442 g/mol. The van der Waals surface area contributed by atoms with Gasteiger partial charge in [-0.1, -0.05) is 18.2 Å². The van der Waals surface area contributed by atoms with Crippen molar-refractivity contribution in [2.75, 3.05) is 6.54 Å². The number of halogens is 1. The fourth-order valence-electron chi connectivity index (χ4n) is 4.40. The molecular formula is C26H23FN4O2. The standard InChI is InChI=1S/C26H23FN4O2/c1-16-22(14-30-25(32)21-4-2-3-5-23(21)27)20-9-11-31(15-19(20)13-29-16)26(33)18-7-6-17-8-10-28-24(17)12-18/h2-8,10,12-13,28H,9,11,14-15H2,1H3,(H,30,32). The second kappa shape index (κ2) is 8.50. The van der Waals surface area contributed by atoms with E-state index in [0.717, 1.165) is 33.3 Å². The Morgan fingerprint density at radius 1 is 1.18 bits per heavy atom. The fraction of sp³-hybridized carbons (Fsp3) is 0.192. The number of nitrogens with zero attached hydrogens (tertiary/aromatic N) is 2. The van der Waals surface area contributed by atoms with Crippen molar-refractivity contribution in [3.8, 4) is 0 Å². The first-order valence-corrected chi connectivity index (χ1v) is 10.9. The van der Waals surface area contributed by atoms with Crippen LogP contribution in [0, 0.1) is 12.7 Å². The summed E-state index contributed by atoms with van der Waals surface area (Å²) in [6.07, 6.45) is 4.33. The Kier molecular flexibility index (Phi) is 5.38. The third kappa shape index (κ3) is 3.98. The summed E-state index contributed by atoms with van der Waals surface area (Å²) < 4.78 is 13.9. The number of H-pyrrole nitrogens is 1. The number of rotatable bonds is 4. The van der Waals surface area contributed by atoms with Crippen LogP contribution < -0.4 is 5.32 Å². The summed E-state index contributed by atoms with van der Waals surface area (Å²) >= 11 is 0. The van der Waals surface area contributed by atoms with Crippen molar-refractivity contribution in [3.05, 3.63) is 100 Å². The summed E-state index contributed by atoms with van der Waals surface area (Å²) in [6, 6.07) is 13.6. The Balaban J connectivity index is 1.34. The van der Waals surface area contributed by atoms with Gasteiger partial charge in [0.2, 0.25) is 0 Å². The number of carbonyl (C=O) groups excluding carboxylic acids is 2. The lowest BCUT2D eigenvalue weighted by atomic mass is 9.94. The topological polar surface area (TPSA) is 78.1 Å². The highest BCUT2D eigenvalue weighted by Gasteiger charge is 2.25. The van der Waals surface area contributed by atoms with E-state index in [1.165, 1.54) is 12.1 Å². The number of pyridine rings is 1. The molecule has 0 radical (unpaired) electrons. The maximum atomic E-state index is 13.9. The average Bonchev–Trinajstić information content (AvgIpc) is 3.31. The molecule has 4 aromatic rings. The Hall–Kier alpha value is -4.00. The quantitative estimate of drug-likeness (QED) is 0.499. The first-order valence-electron chi connectivity index (χ1n) is 10.9. The number of carbonyl (C=O) groups is 2. The highest BCUT2D eigenvalue weighted by molar-refractivity contribution is 5.98. The zero-order valence-corrected chi connectivity index (χ0v) is 18.2. The van der Waals surface area contributed by atoms with Gasteiger partial charge in [0.1, 0.15) is 5.82 Å². The maximum Gasteiger partial charge on any atom is 0.254 e. The van der Waals surface area contributed by atoms with Gasteiger partial charge >= 0.3 is 0 Å². The molecule has 2 aromatic carbocycles. The van der Waals surface area contributed by atoms with E-state index in [0.29, 0.717) is 25.1 Å². The number of hydrogen-bond acceptors (Lipinski definition) is 3. The molecule has 0 unspecified atom stereocenters. The molecule has 7 heteroatoms. The number of benzene rings is 2. The van der Waals surface area contributed by atoms with Crippen LogP contribution in [0.5, 0.6) is 0 Å². The Bertz CT molecular complexity index is 1380. The van der Waals surface area contributed by atoms with Gasteiger partial charge in [0.15, 0.2) is 0 Å². The van der Waals surface area contributed by atoms with Gasteiger partial charge in [-0.2, -0.15) is 0 Å². The van der Waals surface area contributed by atoms with Crippen LogP contribution >= 0.6 is 0 Å². The zero-order valence-electron chi connectivity index (χ0n) is 18.2. The van der Waals surface area contributed by atoms with Crippen molar-refractivity contribution in [2.45, 2.75) is 26.4 Å². The molecule has 1 aliphatic rings. The highest BCUT2D eigenvalue weighted by atomic mass is 19.1. The van der Waals surface area contributed by atoms with Crippen LogP contribution in [-0.2, 0) is 19.5 Å². The summed E-state index contributed by atoms with van der Waals surface area (Å²) in [4.78, 5) is 35.1. The summed E-state index contributed by atoms with van der Waals surface area (Å²) in [5.74, 6) is -1.03. The number of aromatic nitrogens is 2. The molecule has 2 aromatic heterocycles. The van der Waals surface area contributed by atoms with Gasteiger partial charge in [0, 0.05) is 48.8 Å². The van der Waals surface area contributed by atoms with Gasteiger partial charge in [-0.3, -0.25) is 14.6 Å². The first-order chi connectivity index (χ1) is 16.0. The number of aryl methyl sites for hydroxylation is 1. The van der Waals surface area contributed by atoms with Gasteiger partial charge < -0.3 is 15.2 Å². The summed E-state index contributed by atoms with van der Waals surface area (Å²) in [5.41, 5.74) is 5.41. The third-order valence-corrected chi connectivity index (χ3v) is 6.23. The molecule has 1 aliphatic heterocycles. The lowest BCUT2D eigenvalue weighted by Crippen LogP contribution is -2.37. The molecule has 0 fully saturated rings. The van der Waals surface area contributed by atoms with Crippen molar-refractivity contribution < 1.29 is 14.0 Å². The molecule has 2 amide bonds. The van der Waals surface area contributed by atoms with Gasteiger partial charge in [0.25, 0.3) is 11.8 Å². The third-order valence-electron chi connectivity index (χ3n) is 6.23. The normalized spacial score (nSPS) is 13.1. The van der Waals surface area contributed by atoms with Crippen LogP contribution in [0.25, 0.3) is 10.9 Å². The van der Waals surface area contributed by atoms with Crippen molar-refractivity contribution in [2.24, 2.45) is 0 Å². The van der Waals surface area contributed by atoms with E-state index in [4.69, 9.17) is 0 Å². The number of amides is 2. The predicted octanol–water partition coefficient (Wildman–Crippen LogP) is 4.14. The summed E-state index contributed by atoms with van der Waals surface area (Å²) in [5, 5.41) is 3.89. The second-order valence-electron chi connectivity index (χ2n) is 8.24. The molecule has 33 heavy (non-hydrogen) atoms. The van der Waals surface area contributed by atoms with Gasteiger partial charge in [-0.15, -0.1) is 0 Å². The molecule has 0 bridgehead atoms. The van der Waals surface area contributed by atoms with Crippen LogP contribution in [0.2, 0.25) is 0 Å². The van der Waals surface area contributed by atoms with Crippen molar-refractivity contribution in [1.29, 1.82) is 0 Å². The Labute approximate surface area is 190 Å². The van der Waals surface area contributed by atoms with E-state index in [-0.39, 0.29) is 18.0 Å². The van der Waals surface area contributed by atoms with E-state index in [2.05, 4.69) is 15.3 Å². The number of fused-ring (bicyclic) bond motifs is 2. The molecule has 0 atom stereocenters. The highest BCUT2D eigenvalue weighted by Crippen LogP contribution is 2.26. The molecule has 2 N–H and O–H groups in total. The Morgan fingerprint density at radius 3 is 2.88 bits per heavy atom. The largest absolute Gasteiger partial charge is 0.361 e. The lowest BCUT2D eigenvalue weighted by Gasteiger charge is -2.30. The van der Waals surface area contributed by atoms with Crippen LogP contribution in [0.1, 0.15) is 43.1 Å². The predicted molar refractivity (Wildman–Crippen MR) is 123 cm³/mol. The van der Waals surface area contributed by atoms with E-state index in [1.807, 2.05) is 42.3 Å². The SMILES string of the molecule is Cc1ncc2c(c1CNC(=O)c1ccccc1F)CCN(C(=O)c1ccc3cc[nH]c3c1)C2. The van der Waals surface area contributed by atoms with Gasteiger partial charge in [-0.25, -0.2) is 4.39 Å². The molecule has 5 rings (SSSR count). The summed E-state index contributed by atoms with van der Waals surface area (Å²) in [7, 11) is 0. The number of aromatic amines is 1. The van der Waals surface area contributed by atoms with E-state index < -0.39 is 11.7 Å². The van der Waals surface area contributed by atoms with Crippen LogP contribution in [0.3, 0.4) is 0 Å². The minimum Gasteiger partial charge on any atom is -0.361 e. The van der Waals surface area contributed by atoms with Crippen molar-refractivity contribution >= 4 is 22.7 Å². The first kappa shape index (κ1) is 20.9. The van der Waals surface area contributed by atoms with Crippen LogP contribution in [-0.4, -0.2) is 33.2 Å². The van der Waals surface area contributed by atoms with E-state index >= 15 is 0 Å². The van der Waals surface area contributed by atoms with Gasteiger partial charge in [-0.05, 0) is 65.8 Å². The number of nitrogens with one attached hydrogen (secondary N) is 2. The smallest absolute Gasteiger partial charge is 0.254 e. The molecule has 166 valence electrons. The molecule has 6 nitrogen and oxygen atoms in total. The van der Waals surface area contributed by atoms with Crippen molar-refractivity contribution in [1.82, 2.24) is 20.2 Å². The monoisotopic (exact) mass is 442 g/mol. The van der Waals surface area contributed by atoms with Crippen LogP contribution in [0.4, 0.5) is 4.39 Å². The maximum absolute atomic E-state index is 13.9. The molecular weight excluding hydrogens is 419 g/mol. The fourth-order valence-corrected chi connectivity index (χ4v) is 4.40. The number of hydrogen-bond donors (Lipinski definition) is 2. The van der Waals surface area contributed by atoms with Crippen molar-refractivity contribution in [3.63, 3.8) is 0 Å². The molecule has 0 aliphatic carbocycles. The second-order valence-corrected chi connectivity index (χ2v) is 8.24. The van der Waals surface area contributed by atoms with Gasteiger partial charge in [0.05, 0.1) is 5.56 Å². The summed E-state index contributed by atoms with van der Waals surface area (Å²) in [6.45, 7) is 3.19. The molecule has 0 saturated carbocycles. The molecule has 3 heterocycles. The minimum absolute atomic E-state index is 0.0173. The minimum atomic E-state index is -0.549. The van der Waals surface area contributed by atoms with Crippen LogP contribution in [0.15, 0.2) is 60.9 Å². The van der Waals surface area contributed by atoms with E-state index in [1.54, 1.807) is 18.3 Å².